The van der Waals surface area contributed by atoms with Crippen molar-refractivity contribution >= 4 is 23.3 Å². The van der Waals surface area contributed by atoms with E-state index >= 15 is 0 Å². The number of nitrogens with one attached hydrogen (secondary N) is 1. The molecule has 40 heavy (non-hydrogen) atoms. The van der Waals surface area contributed by atoms with Crippen molar-refractivity contribution in [3.63, 3.8) is 0 Å². The highest BCUT2D eigenvalue weighted by Gasteiger charge is 2.52. The van der Waals surface area contributed by atoms with Crippen LogP contribution < -0.4 is 5.32 Å². The van der Waals surface area contributed by atoms with Gasteiger partial charge in [0.2, 0.25) is 0 Å². The van der Waals surface area contributed by atoms with Crippen molar-refractivity contribution in [2.45, 2.75) is 31.3 Å². The first-order valence-electron chi connectivity index (χ1n) is 13.3. The molecule has 0 unspecified atom stereocenters. The molecule has 2 aromatic heterocycles. The molecule has 2 heterocycles. The number of rotatable bonds is 7. The summed E-state index contributed by atoms with van der Waals surface area (Å²) in [4.78, 5) is 25.2. The van der Waals surface area contributed by atoms with E-state index in [9.17, 15) is 9.59 Å². The van der Waals surface area contributed by atoms with Crippen LogP contribution in [0.1, 0.15) is 37.0 Å². The van der Waals surface area contributed by atoms with Gasteiger partial charge in [-0.3, -0.25) is 10.1 Å². The highest BCUT2D eigenvalue weighted by molar-refractivity contribution is 5.98. The monoisotopic (exact) mass is 531 g/mol. The third-order valence-corrected chi connectivity index (χ3v) is 7.58. The quantitative estimate of drug-likeness (QED) is 0.225. The maximum atomic E-state index is 12.9. The van der Waals surface area contributed by atoms with E-state index in [0.29, 0.717) is 11.4 Å². The molecule has 200 valence electrons. The molecule has 0 bridgehead atoms. The normalized spacial score (nSPS) is 14.3. The lowest BCUT2D eigenvalue weighted by molar-refractivity contribution is -0.143. The molecule has 1 aliphatic rings. The number of ether oxygens (including phenoxy) is 2. The van der Waals surface area contributed by atoms with Crippen molar-refractivity contribution < 1.29 is 19.1 Å². The molecular weight excluding hydrogens is 502 g/mol. The van der Waals surface area contributed by atoms with E-state index in [1.54, 1.807) is 4.52 Å². The predicted octanol–water partition coefficient (Wildman–Crippen LogP) is 7.18. The van der Waals surface area contributed by atoms with Gasteiger partial charge < -0.3 is 9.47 Å². The first-order chi connectivity index (χ1) is 19.5. The number of benzene rings is 3. The molecule has 0 spiro atoms. The second kappa shape index (κ2) is 10.3. The first-order valence-corrected chi connectivity index (χ1v) is 13.3. The maximum Gasteiger partial charge on any atom is 0.412 e. The summed E-state index contributed by atoms with van der Waals surface area (Å²) in [6.07, 6.45) is 2.54. The number of nitrogens with zero attached hydrogens (tertiary/aromatic N) is 2. The minimum absolute atomic E-state index is 0.167. The van der Waals surface area contributed by atoms with Gasteiger partial charge in [0.15, 0.2) is 0 Å². The van der Waals surface area contributed by atoms with E-state index in [1.807, 2.05) is 110 Å². The fourth-order valence-corrected chi connectivity index (χ4v) is 5.14. The fourth-order valence-electron chi connectivity index (χ4n) is 5.14. The van der Waals surface area contributed by atoms with Gasteiger partial charge in [0, 0.05) is 11.8 Å². The Morgan fingerprint density at radius 3 is 2.12 bits per heavy atom. The molecule has 1 aliphatic carbocycles. The van der Waals surface area contributed by atoms with E-state index in [0.717, 1.165) is 46.2 Å². The van der Waals surface area contributed by atoms with Crippen molar-refractivity contribution in [3.8, 4) is 22.4 Å². The molecule has 3 aromatic carbocycles. The molecule has 0 aliphatic heterocycles. The number of hydrogen-bond donors (Lipinski definition) is 1. The topological polar surface area (TPSA) is 81.9 Å². The van der Waals surface area contributed by atoms with Gasteiger partial charge in [-0.15, -0.1) is 0 Å². The average molecular weight is 532 g/mol. The van der Waals surface area contributed by atoms with Gasteiger partial charge in [-0.1, -0.05) is 84.9 Å². The molecule has 6 rings (SSSR count). The summed E-state index contributed by atoms with van der Waals surface area (Å²) in [6, 6.07) is 31.5. The molecule has 1 amide bonds. The van der Waals surface area contributed by atoms with Gasteiger partial charge >= 0.3 is 12.1 Å². The summed E-state index contributed by atoms with van der Waals surface area (Å²) in [5, 5.41) is 7.69. The second-order valence-corrected chi connectivity index (χ2v) is 10.1. The lowest BCUT2D eigenvalue weighted by Crippen LogP contribution is -2.21. The minimum atomic E-state index is -0.548. The molecular formula is C33H29N3O4. The Hall–Kier alpha value is -4.91. The van der Waals surface area contributed by atoms with Crippen molar-refractivity contribution in [3.05, 3.63) is 114 Å². The molecule has 0 saturated heterocycles. The Labute approximate surface area is 232 Å². The zero-order valence-electron chi connectivity index (χ0n) is 22.3. The van der Waals surface area contributed by atoms with Crippen molar-refractivity contribution in [1.82, 2.24) is 9.61 Å². The maximum absolute atomic E-state index is 12.9. The number of amides is 1. The number of carbonyl (C=O) groups excluding carboxylic acids is 2. The number of methoxy groups -OCH3 is 1. The van der Waals surface area contributed by atoms with Crippen LogP contribution >= 0.6 is 0 Å². The minimum Gasteiger partial charge on any atom is -0.468 e. The van der Waals surface area contributed by atoms with E-state index in [-0.39, 0.29) is 5.97 Å². The van der Waals surface area contributed by atoms with Crippen molar-refractivity contribution in [2.24, 2.45) is 0 Å². The lowest BCUT2D eigenvalue weighted by atomic mass is 9.93. The van der Waals surface area contributed by atoms with Crippen molar-refractivity contribution in [2.75, 3.05) is 12.4 Å². The Kier molecular flexibility index (Phi) is 6.56. The first kappa shape index (κ1) is 25.4. The molecule has 1 N–H and O–H groups in total. The van der Waals surface area contributed by atoms with E-state index in [4.69, 9.17) is 14.6 Å². The number of anilines is 1. The van der Waals surface area contributed by atoms with Gasteiger partial charge in [0.25, 0.3) is 0 Å². The van der Waals surface area contributed by atoms with E-state index in [2.05, 4.69) is 5.32 Å². The number of aromatic nitrogens is 2. The molecule has 0 radical (unpaired) electrons. The number of carbonyl (C=O) groups is 2. The number of hydrogen-bond acceptors (Lipinski definition) is 5. The molecule has 1 fully saturated rings. The second-order valence-electron chi connectivity index (χ2n) is 10.1. The highest BCUT2D eigenvalue weighted by atomic mass is 16.6. The average Bonchev–Trinajstić information content (AvgIpc) is 3.74. The molecule has 5 aromatic rings. The van der Waals surface area contributed by atoms with Gasteiger partial charge in [0.05, 0.1) is 23.7 Å². The Morgan fingerprint density at radius 1 is 0.850 bits per heavy atom. The van der Waals surface area contributed by atoms with E-state index < -0.39 is 17.6 Å². The molecule has 1 saturated carbocycles. The fraction of sp³-hybridized carbons (Fsp3) is 0.182. The lowest BCUT2D eigenvalue weighted by Gasteiger charge is -2.14. The summed E-state index contributed by atoms with van der Waals surface area (Å²) in [6.45, 7) is 1.84. The third-order valence-electron chi connectivity index (χ3n) is 7.58. The zero-order valence-corrected chi connectivity index (χ0v) is 22.3. The van der Waals surface area contributed by atoms with Crippen LogP contribution in [-0.4, -0.2) is 28.8 Å². The smallest absolute Gasteiger partial charge is 0.412 e. The van der Waals surface area contributed by atoms with Crippen LogP contribution in [0.2, 0.25) is 0 Å². The van der Waals surface area contributed by atoms with Crippen LogP contribution in [0.25, 0.3) is 27.9 Å². The molecule has 1 atom stereocenters. The van der Waals surface area contributed by atoms with Gasteiger partial charge in [-0.05, 0) is 54.2 Å². The number of pyridine rings is 1. The van der Waals surface area contributed by atoms with E-state index in [1.165, 1.54) is 7.11 Å². The zero-order chi connectivity index (χ0) is 27.7. The summed E-state index contributed by atoms with van der Waals surface area (Å²) in [7, 11) is 1.44. The predicted molar refractivity (Wildman–Crippen MR) is 154 cm³/mol. The number of esters is 1. The Bertz CT molecular complexity index is 1670. The van der Waals surface area contributed by atoms with Gasteiger partial charge in [-0.2, -0.15) is 5.10 Å². The SMILES string of the molecule is COC(=O)C1(c2ccc(-c3ccc(-c4nn5ccccc5c4NC(=O)O[C@H](C)c4ccccc4)cc3)cc2)CC1. The highest BCUT2D eigenvalue weighted by Crippen LogP contribution is 2.49. The summed E-state index contributed by atoms with van der Waals surface area (Å²) >= 11 is 0. The standard InChI is InChI=1S/C33H29N3O4/c1-22(23-8-4-3-5-9-23)40-32(38)34-30-28-10-6-7-21-36(28)35-29(30)26-13-11-24(12-14-26)25-15-17-27(18-16-25)33(19-20-33)31(37)39-2/h3-18,21-22H,19-20H2,1-2H3,(H,34,38)/t22-/m1/s1. The van der Waals surface area contributed by atoms with Crippen LogP contribution in [0.4, 0.5) is 10.5 Å². The summed E-state index contributed by atoms with van der Waals surface area (Å²) < 4.78 is 12.4. The van der Waals surface area contributed by atoms with Crippen LogP contribution in [0.5, 0.6) is 0 Å². The summed E-state index contributed by atoms with van der Waals surface area (Å²) in [5.74, 6) is -0.167. The summed E-state index contributed by atoms with van der Waals surface area (Å²) in [5.41, 5.74) is 6.36. The number of fused-ring (bicyclic) bond motifs is 1. The Balaban J connectivity index is 1.25. The molecule has 7 heteroatoms. The largest absolute Gasteiger partial charge is 0.468 e. The van der Waals surface area contributed by atoms with Gasteiger partial charge in [-0.25, -0.2) is 9.31 Å². The van der Waals surface area contributed by atoms with Crippen LogP contribution in [0, 0.1) is 0 Å². The van der Waals surface area contributed by atoms with Gasteiger partial charge in [0.1, 0.15) is 11.8 Å². The molecule has 7 nitrogen and oxygen atoms in total. The van der Waals surface area contributed by atoms with Crippen molar-refractivity contribution in [1.29, 1.82) is 0 Å². The van der Waals surface area contributed by atoms with Crippen LogP contribution in [0.15, 0.2) is 103 Å². The Morgan fingerprint density at radius 2 is 1.48 bits per heavy atom. The third kappa shape index (κ3) is 4.71. The van der Waals surface area contributed by atoms with Crippen LogP contribution in [0.3, 0.4) is 0 Å². The van der Waals surface area contributed by atoms with Crippen LogP contribution in [-0.2, 0) is 19.7 Å².